The maximum absolute atomic E-state index is 12.9. The summed E-state index contributed by atoms with van der Waals surface area (Å²) in [5.74, 6) is -0.599. The van der Waals surface area contributed by atoms with Crippen molar-refractivity contribution in [2.45, 2.75) is 30.2 Å². The highest BCUT2D eigenvalue weighted by molar-refractivity contribution is 9.10. The lowest BCUT2D eigenvalue weighted by Gasteiger charge is -2.23. The highest BCUT2D eigenvalue weighted by Gasteiger charge is 2.39. The van der Waals surface area contributed by atoms with Crippen LogP contribution in [0.1, 0.15) is 18.4 Å². The van der Waals surface area contributed by atoms with Gasteiger partial charge >= 0.3 is 0 Å². The van der Waals surface area contributed by atoms with E-state index in [0.29, 0.717) is 32.4 Å². The van der Waals surface area contributed by atoms with Crippen molar-refractivity contribution in [2.24, 2.45) is 0 Å². The van der Waals surface area contributed by atoms with Gasteiger partial charge in [0.2, 0.25) is 15.9 Å². The fraction of sp³-hybridized carbons (Fsp3) is 0.316. The van der Waals surface area contributed by atoms with Crippen LogP contribution < -0.4 is 5.32 Å². The van der Waals surface area contributed by atoms with Gasteiger partial charge in [-0.1, -0.05) is 28.1 Å². The van der Waals surface area contributed by atoms with Crippen molar-refractivity contribution in [3.63, 3.8) is 0 Å². The molecule has 8 heteroatoms. The van der Waals surface area contributed by atoms with Crippen LogP contribution in [0.5, 0.6) is 0 Å². The topological polar surface area (TPSA) is 66.5 Å². The summed E-state index contributed by atoms with van der Waals surface area (Å²) >= 11 is 3.29. The summed E-state index contributed by atoms with van der Waals surface area (Å²) in [6, 6.07) is 11.8. The molecule has 3 rings (SSSR count). The van der Waals surface area contributed by atoms with Crippen LogP contribution in [0.15, 0.2) is 57.9 Å². The molecule has 0 saturated carbocycles. The summed E-state index contributed by atoms with van der Waals surface area (Å²) in [4.78, 5) is 12.7. The molecular weight excluding hydrogens is 435 g/mol. The maximum Gasteiger partial charge on any atom is 0.243 e. The molecular formula is C19H20BrFN2O3S. The third-order valence-electron chi connectivity index (χ3n) is 4.55. The summed E-state index contributed by atoms with van der Waals surface area (Å²) in [6.45, 7) is 0.696. The molecule has 0 spiro atoms. The molecule has 1 aliphatic heterocycles. The molecule has 1 atom stereocenters. The lowest BCUT2D eigenvalue weighted by molar-refractivity contribution is -0.124. The number of sulfonamides is 1. The monoisotopic (exact) mass is 454 g/mol. The number of nitrogens with one attached hydrogen (secondary N) is 1. The molecule has 27 heavy (non-hydrogen) atoms. The van der Waals surface area contributed by atoms with Crippen molar-refractivity contribution >= 4 is 31.9 Å². The van der Waals surface area contributed by atoms with Crippen LogP contribution in [0.3, 0.4) is 0 Å². The number of carbonyl (C=O) groups is 1. The van der Waals surface area contributed by atoms with Crippen LogP contribution in [-0.2, 0) is 21.2 Å². The van der Waals surface area contributed by atoms with Crippen molar-refractivity contribution in [2.75, 3.05) is 13.1 Å². The lowest BCUT2D eigenvalue weighted by Crippen LogP contribution is -2.46. The average molecular weight is 455 g/mol. The van der Waals surface area contributed by atoms with Crippen molar-refractivity contribution in [3.05, 3.63) is 64.4 Å². The summed E-state index contributed by atoms with van der Waals surface area (Å²) in [6.07, 6.45) is 1.70. The molecule has 0 bridgehead atoms. The standard InChI is InChI=1S/C19H20BrFN2O3S/c20-15-5-9-17(10-6-15)27(25,26)23-13-1-2-18(23)19(24)22-12-11-14-3-7-16(21)8-4-14/h3-10,18H,1-2,11-13H2,(H,22,24). The number of rotatable bonds is 6. The van der Waals surface area contributed by atoms with Crippen molar-refractivity contribution < 1.29 is 17.6 Å². The molecule has 0 aromatic heterocycles. The summed E-state index contributed by atoms with van der Waals surface area (Å²) in [5.41, 5.74) is 0.905. The zero-order chi connectivity index (χ0) is 19.4. The molecule has 1 heterocycles. The van der Waals surface area contributed by atoms with Gasteiger partial charge in [-0.15, -0.1) is 0 Å². The molecule has 1 saturated heterocycles. The van der Waals surface area contributed by atoms with E-state index in [1.54, 1.807) is 24.3 Å². The molecule has 2 aromatic rings. The first-order valence-electron chi connectivity index (χ1n) is 8.67. The average Bonchev–Trinajstić information content (AvgIpc) is 3.14. The van der Waals surface area contributed by atoms with Gasteiger partial charge in [0.1, 0.15) is 11.9 Å². The number of hydrogen-bond acceptors (Lipinski definition) is 3. The Bertz CT molecular complexity index is 902. The molecule has 1 unspecified atom stereocenters. The van der Waals surface area contributed by atoms with Gasteiger partial charge in [-0.25, -0.2) is 12.8 Å². The molecule has 0 radical (unpaired) electrons. The minimum atomic E-state index is -3.72. The van der Waals surface area contributed by atoms with Crippen LogP contribution in [0.2, 0.25) is 0 Å². The Morgan fingerprint density at radius 2 is 1.81 bits per heavy atom. The van der Waals surface area contributed by atoms with E-state index in [4.69, 9.17) is 0 Å². The van der Waals surface area contributed by atoms with Crippen LogP contribution in [0.4, 0.5) is 4.39 Å². The number of amides is 1. The molecule has 0 aliphatic carbocycles. The Labute approximate surface area is 166 Å². The van der Waals surface area contributed by atoms with E-state index < -0.39 is 16.1 Å². The normalized spacial score (nSPS) is 17.8. The number of hydrogen-bond donors (Lipinski definition) is 1. The van der Waals surface area contributed by atoms with Gasteiger partial charge in [-0.3, -0.25) is 4.79 Å². The summed E-state index contributed by atoms with van der Waals surface area (Å²) in [7, 11) is -3.72. The van der Waals surface area contributed by atoms with E-state index in [2.05, 4.69) is 21.2 Å². The first-order chi connectivity index (χ1) is 12.9. The smallest absolute Gasteiger partial charge is 0.243 e. The Hall–Kier alpha value is -1.77. The van der Waals surface area contributed by atoms with Gasteiger partial charge < -0.3 is 5.32 Å². The zero-order valence-electron chi connectivity index (χ0n) is 14.6. The number of carbonyl (C=O) groups excluding carboxylic acids is 1. The lowest BCUT2D eigenvalue weighted by atomic mass is 10.1. The molecule has 1 amide bonds. The summed E-state index contributed by atoms with van der Waals surface area (Å²) < 4.78 is 40.8. The van der Waals surface area contributed by atoms with E-state index in [9.17, 15) is 17.6 Å². The highest BCUT2D eigenvalue weighted by Crippen LogP contribution is 2.27. The predicted octanol–water partition coefficient (Wildman–Crippen LogP) is 3.10. The van der Waals surface area contributed by atoms with E-state index in [1.165, 1.54) is 28.6 Å². The zero-order valence-corrected chi connectivity index (χ0v) is 17.0. The van der Waals surface area contributed by atoms with Crippen molar-refractivity contribution in [1.29, 1.82) is 0 Å². The van der Waals surface area contributed by atoms with Crippen LogP contribution in [-0.4, -0.2) is 37.8 Å². The third-order valence-corrected chi connectivity index (χ3v) is 7.00. The van der Waals surface area contributed by atoms with E-state index in [1.807, 2.05) is 0 Å². The Morgan fingerprint density at radius 3 is 2.48 bits per heavy atom. The van der Waals surface area contributed by atoms with Crippen molar-refractivity contribution in [1.82, 2.24) is 9.62 Å². The predicted molar refractivity (Wildman–Crippen MR) is 104 cm³/mol. The van der Waals surface area contributed by atoms with E-state index in [-0.39, 0.29) is 16.6 Å². The van der Waals surface area contributed by atoms with Gasteiger partial charge in [-0.05, 0) is 61.2 Å². The van der Waals surface area contributed by atoms with E-state index in [0.717, 1.165) is 10.0 Å². The van der Waals surface area contributed by atoms with Gasteiger partial charge in [0, 0.05) is 17.6 Å². The van der Waals surface area contributed by atoms with Crippen molar-refractivity contribution in [3.8, 4) is 0 Å². The second kappa shape index (κ2) is 8.50. The molecule has 1 N–H and O–H groups in total. The number of nitrogens with zero attached hydrogens (tertiary/aromatic N) is 1. The molecule has 144 valence electrons. The fourth-order valence-corrected chi connectivity index (χ4v) is 5.05. The highest BCUT2D eigenvalue weighted by atomic mass is 79.9. The fourth-order valence-electron chi connectivity index (χ4n) is 3.13. The van der Waals surface area contributed by atoms with Crippen LogP contribution in [0.25, 0.3) is 0 Å². The molecule has 1 aliphatic rings. The summed E-state index contributed by atoms with van der Waals surface area (Å²) in [5, 5.41) is 2.80. The maximum atomic E-state index is 12.9. The Balaban J connectivity index is 1.63. The quantitative estimate of drug-likeness (QED) is 0.728. The third kappa shape index (κ3) is 4.75. The van der Waals surface area contributed by atoms with Gasteiger partial charge in [0.05, 0.1) is 4.90 Å². The first-order valence-corrected chi connectivity index (χ1v) is 10.9. The first kappa shape index (κ1) is 20.0. The SMILES string of the molecule is O=C(NCCc1ccc(F)cc1)C1CCCN1S(=O)(=O)c1ccc(Br)cc1. The molecule has 2 aromatic carbocycles. The Kier molecular flexibility index (Phi) is 6.29. The number of halogens is 2. The largest absolute Gasteiger partial charge is 0.354 e. The second-order valence-corrected chi connectivity index (χ2v) is 9.20. The molecule has 1 fully saturated rings. The van der Waals surface area contributed by atoms with Gasteiger partial charge in [0.25, 0.3) is 0 Å². The van der Waals surface area contributed by atoms with Gasteiger partial charge in [0.15, 0.2) is 0 Å². The number of benzene rings is 2. The van der Waals surface area contributed by atoms with Gasteiger partial charge in [-0.2, -0.15) is 4.31 Å². The molecule has 5 nitrogen and oxygen atoms in total. The van der Waals surface area contributed by atoms with Crippen LogP contribution >= 0.6 is 15.9 Å². The minimum absolute atomic E-state index is 0.178. The van der Waals surface area contributed by atoms with E-state index >= 15 is 0 Å². The van der Waals surface area contributed by atoms with Crippen LogP contribution in [0, 0.1) is 5.82 Å². The minimum Gasteiger partial charge on any atom is -0.354 e. The second-order valence-electron chi connectivity index (χ2n) is 6.40. The Morgan fingerprint density at radius 1 is 1.15 bits per heavy atom.